The molecule has 1 atom stereocenters. The van der Waals surface area contributed by atoms with E-state index >= 15 is 0 Å². The quantitative estimate of drug-likeness (QED) is 0.518. The summed E-state index contributed by atoms with van der Waals surface area (Å²) in [7, 11) is -1.61. The van der Waals surface area contributed by atoms with Gasteiger partial charge in [0.25, 0.3) is 0 Å². The average Bonchev–Trinajstić information content (AvgIpc) is 3.17. The monoisotopic (exact) mass is 487 g/mol. The summed E-state index contributed by atoms with van der Waals surface area (Å²) in [5.74, 6) is -0.849. The van der Waals surface area contributed by atoms with Gasteiger partial charge in [0.2, 0.25) is 5.96 Å². The summed E-state index contributed by atoms with van der Waals surface area (Å²) >= 11 is 5.98. The van der Waals surface area contributed by atoms with E-state index < -0.39 is 28.9 Å². The number of nitrogens with one attached hydrogen (secondary N) is 1. The van der Waals surface area contributed by atoms with Crippen LogP contribution in [0.15, 0.2) is 64.7 Å². The minimum absolute atomic E-state index is 0.0919. The number of hydrogen-bond donors (Lipinski definition) is 1. The molecule has 0 bridgehead atoms. The average molecular weight is 488 g/mol. The van der Waals surface area contributed by atoms with Gasteiger partial charge in [0.15, 0.2) is 0 Å². The summed E-state index contributed by atoms with van der Waals surface area (Å²) in [6.45, 7) is -1.47. The predicted octanol–water partition coefficient (Wildman–Crippen LogP) is 3.46. The van der Waals surface area contributed by atoms with Crippen LogP contribution in [0.4, 0.5) is 13.2 Å². The van der Waals surface area contributed by atoms with Crippen molar-refractivity contribution in [2.45, 2.75) is 12.1 Å². The molecule has 0 fully saturated rings. The zero-order valence-corrected chi connectivity index (χ0v) is 18.8. The van der Waals surface area contributed by atoms with Crippen molar-refractivity contribution in [2.75, 3.05) is 27.2 Å². The van der Waals surface area contributed by atoms with Crippen molar-refractivity contribution in [3.8, 4) is 0 Å². The van der Waals surface area contributed by atoms with Crippen LogP contribution < -0.4 is 4.72 Å². The Morgan fingerprint density at radius 3 is 2.38 bits per heavy atom. The first-order chi connectivity index (χ1) is 15.0. The van der Waals surface area contributed by atoms with Crippen LogP contribution in [0.5, 0.6) is 0 Å². The van der Waals surface area contributed by atoms with E-state index in [1.54, 1.807) is 24.3 Å². The van der Waals surface area contributed by atoms with Crippen molar-refractivity contribution in [2.24, 2.45) is 10.1 Å². The van der Waals surface area contributed by atoms with Gasteiger partial charge in [-0.05, 0) is 23.3 Å². The predicted molar refractivity (Wildman–Crippen MR) is 118 cm³/mol. The van der Waals surface area contributed by atoms with Crippen LogP contribution in [-0.4, -0.2) is 62.8 Å². The zero-order chi connectivity index (χ0) is 23.5. The van der Waals surface area contributed by atoms with Gasteiger partial charge in [0, 0.05) is 25.0 Å². The van der Waals surface area contributed by atoms with Gasteiger partial charge in [0.1, 0.15) is 6.54 Å². The van der Waals surface area contributed by atoms with Gasteiger partial charge in [-0.1, -0.05) is 54.1 Å². The van der Waals surface area contributed by atoms with E-state index in [4.69, 9.17) is 11.6 Å². The van der Waals surface area contributed by atoms with E-state index in [2.05, 4.69) is 14.8 Å². The standard InChI is InChI=1S/C20H21ClF3N5O2S/c1-28(2)32(30,31)27-19(25-13-20(22,23)24)29-12-17(14-6-4-3-5-7-14)18(26-29)15-8-10-16(21)11-9-15/h3-11,17H,12-13H2,1-2H3,(H,25,27). The van der Waals surface area contributed by atoms with Crippen molar-refractivity contribution < 1.29 is 21.6 Å². The molecule has 0 radical (unpaired) electrons. The van der Waals surface area contributed by atoms with Gasteiger partial charge in [-0.3, -0.25) is 0 Å². The Balaban J connectivity index is 2.04. The minimum Gasteiger partial charge on any atom is -0.241 e. The van der Waals surface area contributed by atoms with Crippen LogP contribution in [0.25, 0.3) is 0 Å². The van der Waals surface area contributed by atoms with Crippen LogP contribution in [0, 0.1) is 0 Å². The molecule has 2 aromatic carbocycles. The van der Waals surface area contributed by atoms with E-state index in [0.717, 1.165) is 14.9 Å². The van der Waals surface area contributed by atoms with E-state index in [0.29, 0.717) is 16.3 Å². The summed E-state index contributed by atoms with van der Waals surface area (Å²) < 4.78 is 66.2. The highest BCUT2D eigenvalue weighted by atomic mass is 35.5. The number of halogens is 4. The summed E-state index contributed by atoms with van der Waals surface area (Å²) in [5.41, 5.74) is 2.13. The van der Waals surface area contributed by atoms with Crippen molar-refractivity contribution in [1.29, 1.82) is 0 Å². The Kier molecular flexibility index (Phi) is 7.11. The van der Waals surface area contributed by atoms with Gasteiger partial charge in [-0.15, -0.1) is 0 Å². The maximum atomic E-state index is 12.9. The smallest absolute Gasteiger partial charge is 0.241 e. The number of hydrazone groups is 1. The van der Waals surface area contributed by atoms with Gasteiger partial charge < -0.3 is 0 Å². The summed E-state index contributed by atoms with van der Waals surface area (Å²) in [5, 5.41) is 6.12. The van der Waals surface area contributed by atoms with Crippen molar-refractivity contribution >= 4 is 33.5 Å². The molecule has 0 saturated carbocycles. The maximum Gasteiger partial charge on any atom is 0.408 e. The lowest BCUT2D eigenvalue weighted by Crippen LogP contribution is -2.46. The fourth-order valence-electron chi connectivity index (χ4n) is 3.00. The first kappa shape index (κ1) is 24.0. The molecule has 0 amide bonds. The molecular formula is C20H21ClF3N5O2S. The van der Waals surface area contributed by atoms with Gasteiger partial charge in [-0.2, -0.15) is 31.0 Å². The van der Waals surface area contributed by atoms with Gasteiger partial charge >= 0.3 is 16.4 Å². The van der Waals surface area contributed by atoms with Crippen molar-refractivity contribution in [1.82, 2.24) is 14.0 Å². The van der Waals surface area contributed by atoms with Crippen LogP contribution >= 0.6 is 11.6 Å². The first-order valence-corrected chi connectivity index (χ1v) is 11.3. The normalized spacial score (nSPS) is 17.6. The summed E-state index contributed by atoms with van der Waals surface area (Å²) in [6, 6.07) is 16.1. The Bertz CT molecular complexity index is 1100. The number of nitrogens with zero attached hydrogens (tertiary/aromatic N) is 4. The van der Waals surface area contributed by atoms with Crippen LogP contribution in [0.3, 0.4) is 0 Å². The molecule has 1 N–H and O–H groups in total. The fraction of sp³-hybridized carbons (Fsp3) is 0.300. The molecular weight excluding hydrogens is 467 g/mol. The lowest BCUT2D eigenvalue weighted by Gasteiger charge is -2.21. The highest BCUT2D eigenvalue weighted by Crippen LogP contribution is 2.29. The molecule has 1 aliphatic heterocycles. The molecule has 172 valence electrons. The second kappa shape index (κ2) is 9.47. The minimum atomic E-state index is -4.61. The molecule has 1 unspecified atom stereocenters. The molecule has 32 heavy (non-hydrogen) atoms. The lowest BCUT2D eigenvalue weighted by atomic mass is 9.91. The van der Waals surface area contributed by atoms with Crippen molar-refractivity contribution in [3.05, 3.63) is 70.7 Å². The Morgan fingerprint density at radius 1 is 1.19 bits per heavy atom. The topological polar surface area (TPSA) is 77.4 Å². The number of rotatable bonds is 5. The number of alkyl halides is 3. The molecule has 0 aromatic heterocycles. The summed E-state index contributed by atoms with van der Waals surface area (Å²) in [6.07, 6.45) is -4.61. The van der Waals surface area contributed by atoms with Crippen LogP contribution in [0.2, 0.25) is 5.02 Å². The second-order valence-electron chi connectivity index (χ2n) is 7.18. The molecule has 7 nitrogen and oxygen atoms in total. The SMILES string of the molecule is CN(C)S(=O)(=O)NC(=NCC(F)(F)F)N1CC(c2ccccc2)C(c2ccc(Cl)cc2)=N1. The highest BCUT2D eigenvalue weighted by molar-refractivity contribution is 7.87. The van der Waals surface area contributed by atoms with Crippen LogP contribution in [-0.2, 0) is 10.2 Å². The third-order valence-electron chi connectivity index (χ3n) is 4.61. The van der Waals surface area contributed by atoms with E-state index in [1.165, 1.54) is 14.1 Å². The van der Waals surface area contributed by atoms with Gasteiger partial charge in [-0.25, -0.2) is 14.7 Å². The molecule has 1 heterocycles. The van der Waals surface area contributed by atoms with E-state index in [1.807, 2.05) is 30.3 Å². The van der Waals surface area contributed by atoms with Crippen LogP contribution in [0.1, 0.15) is 17.0 Å². The third kappa shape index (κ3) is 5.99. The highest BCUT2D eigenvalue weighted by Gasteiger charge is 2.34. The molecule has 0 spiro atoms. The van der Waals surface area contributed by atoms with Crippen molar-refractivity contribution in [3.63, 3.8) is 0 Å². The number of guanidine groups is 1. The summed E-state index contributed by atoms with van der Waals surface area (Å²) in [4.78, 5) is 3.49. The number of hydrogen-bond acceptors (Lipinski definition) is 4. The largest absolute Gasteiger partial charge is 0.408 e. The molecule has 3 rings (SSSR count). The van der Waals surface area contributed by atoms with E-state index in [9.17, 15) is 21.6 Å². The molecule has 2 aromatic rings. The Morgan fingerprint density at radius 2 is 1.81 bits per heavy atom. The Labute approximate surface area is 189 Å². The zero-order valence-electron chi connectivity index (χ0n) is 17.2. The Hall–Kier alpha value is -2.63. The fourth-order valence-corrected chi connectivity index (χ4v) is 3.71. The molecule has 1 aliphatic rings. The first-order valence-electron chi connectivity index (χ1n) is 9.44. The third-order valence-corrected chi connectivity index (χ3v) is 6.26. The lowest BCUT2D eigenvalue weighted by molar-refractivity contribution is -0.118. The number of aliphatic imine (C=N–C) groups is 1. The molecule has 0 saturated heterocycles. The molecule has 0 aliphatic carbocycles. The van der Waals surface area contributed by atoms with Gasteiger partial charge in [0.05, 0.1) is 12.3 Å². The molecule has 12 heteroatoms. The maximum absolute atomic E-state index is 12.9. The second-order valence-corrected chi connectivity index (χ2v) is 9.50. The van der Waals surface area contributed by atoms with E-state index in [-0.39, 0.29) is 12.5 Å². The number of benzene rings is 2.